The predicted octanol–water partition coefficient (Wildman–Crippen LogP) is 3.92. The molecule has 4 nitrogen and oxygen atoms in total. The molecular formula is C23H30N2O2. The summed E-state index contributed by atoms with van der Waals surface area (Å²) >= 11 is 0. The lowest BCUT2D eigenvalue weighted by molar-refractivity contribution is -0.125. The van der Waals surface area contributed by atoms with Crippen LogP contribution in [0.3, 0.4) is 0 Å². The van der Waals surface area contributed by atoms with Gasteiger partial charge in [-0.25, -0.2) is 0 Å². The fourth-order valence-electron chi connectivity index (χ4n) is 3.68. The Morgan fingerprint density at radius 3 is 2.74 bits per heavy atom. The number of hydrogen-bond donors (Lipinski definition) is 2. The van der Waals surface area contributed by atoms with E-state index in [9.17, 15) is 4.79 Å². The maximum absolute atomic E-state index is 12.4. The molecule has 0 aliphatic heterocycles. The van der Waals surface area contributed by atoms with Crippen molar-refractivity contribution in [2.45, 2.75) is 44.8 Å². The number of benzene rings is 2. The van der Waals surface area contributed by atoms with Crippen LogP contribution in [0.5, 0.6) is 0 Å². The summed E-state index contributed by atoms with van der Waals surface area (Å²) < 4.78 is 6.09. The van der Waals surface area contributed by atoms with Gasteiger partial charge in [0.05, 0.1) is 12.0 Å². The molecule has 0 bridgehead atoms. The quantitative estimate of drug-likeness (QED) is 0.696. The average molecular weight is 367 g/mol. The summed E-state index contributed by atoms with van der Waals surface area (Å²) in [4.78, 5) is 12.4. The highest BCUT2D eigenvalue weighted by Crippen LogP contribution is 2.32. The van der Waals surface area contributed by atoms with E-state index in [0.717, 1.165) is 24.8 Å². The number of nitrogens with two attached hydrogens (primary N) is 1. The molecule has 0 spiro atoms. The normalized spacial score (nSPS) is 18.4. The molecule has 144 valence electrons. The summed E-state index contributed by atoms with van der Waals surface area (Å²) in [5, 5.41) is 2.99. The average Bonchev–Trinajstić information content (AvgIpc) is 2.73. The van der Waals surface area contributed by atoms with Crippen LogP contribution in [0, 0.1) is 5.92 Å². The van der Waals surface area contributed by atoms with Gasteiger partial charge in [-0.05, 0) is 42.4 Å². The molecule has 0 fully saturated rings. The molecule has 0 radical (unpaired) electrons. The first-order valence-corrected chi connectivity index (χ1v) is 9.94. The maximum Gasteiger partial charge on any atom is 0.224 e. The summed E-state index contributed by atoms with van der Waals surface area (Å²) in [5.74, 6) is -0.270. The van der Waals surface area contributed by atoms with Crippen molar-refractivity contribution in [2.75, 3.05) is 13.2 Å². The van der Waals surface area contributed by atoms with Crippen LogP contribution in [0.25, 0.3) is 0 Å². The Morgan fingerprint density at radius 1 is 1.19 bits per heavy atom. The molecule has 0 heterocycles. The lowest BCUT2D eigenvalue weighted by Crippen LogP contribution is -2.36. The van der Waals surface area contributed by atoms with Crippen molar-refractivity contribution in [2.24, 2.45) is 11.7 Å². The van der Waals surface area contributed by atoms with Crippen LogP contribution in [0.2, 0.25) is 0 Å². The van der Waals surface area contributed by atoms with Crippen molar-refractivity contribution in [3.05, 3.63) is 71.3 Å². The predicted molar refractivity (Wildman–Crippen MR) is 108 cm³/mol. The van der Waals surface area contributed by atoms with Gasteiger partial charge >= 0.3 is 0 Å². The molecule has 3 N–H and O–H groups in total. The topological polar surface area (TPSA) is 64.3 Å². The fourth-order valence-corrected chi connectivity index (χ4v) is 3.68. The van der Waals surface area contributed by atoms with E-state index in [1.165, 1.54) is 17.5 Å². The zero-order chi connectivity index (χ0) is 19.1. The Labute approximate surface area is 162 Å². The standard InChI is InChI=1S/C23H30N2O2/c1-17(22(24)19-10-3-2-4-11-19)23(26)25-15-8-16-27-21-14-7-12-18-9-5-6-13-20(18)21/h2-6,9-11,13,17,21-22H,7-8,12,14-16,24H2,1H3,(H,25,26). The lowest BCUT2D eigenvalue weighted by atomic mass is 9.89. The zero-order valence-corrected chi connectivity index (χ0v) is 16.1. The smallest absolute Gasteiger partial charge is 0.224 e. The van der Waals surface area contributed by atoms with Crippen LogP contribution >= 0.6 is 0 Å². The number of nitrogens with one attached hydrogen (secondary N) is 1. The Morgan fingerprint density at radius 2 is 1.93 bits per heavy atom. The molecule has 2 aromatic rings. The highest BCUT2D eigenvalue weighted by Gasteiger charge is 2.22. The Hall–Kier alpha value is -2.17. The molecule has 1 aliphatic carbocycles. The second-order valence-electron chi connectivity index (χ2n) is 7.32. The lowest BCUT2D eigenvalue weighted by Gasteiger charge is -2.25. The number of carbonyl (C=O) groups is 1. The zero-order valence-electron chi connectivity index (χ0n) is 16.1. The van der Waals surface area contributed by atoms with Crippen molar-refractivity contribution >= 4 is 5.91 Å². The summed E-state index contributed by atoms with van der Waals surface area (Å²) in [5.41, 5.74) is 9.95. The van der Waals surface area contributed by atoms with Crippen molar-refractivity contribution in [3.8, 4) is 0 Å². The number of amides is 1. The van der Waals surface area contributed by atoms with Crippen LogP contribution in [0.4, 0.5) is 0 Å². The molecule has 4 heteroatoms. The van der Waals surface area contributed by atoms with Crippen LogP contribution in [-0.4, -0.2) is 19.1 Å². The number of ether oxygens (including phenoxy) is 1. The second kappa shape index (κ2) is 9.67. The SMILES string of the molecule is CC(C(=O)NCCCOC1CCCc2ccccc21)C(N)c1ccccc1. The molecule has 0 saturated heterocycles. The van der Waals surface area contributed by atoms with E-state index >= 15 is 0 Å². The van der Waals surface area contributed by atoms with Gasteiger partial charge in [-0.2, -0.15) is 0 Å². The van der Waals surface area contributed by atoms with Crippen molar-refractivity contribution < 1.29 is 9.53 Å². The number of rotatable bonds is 8. The summed E-state index contributed by atoms with van der Waals surface area (Å²) in [6.45, 7) is 3.14. The van der Waals surface area contributed by atoms with Crippen molar-refractivity contribution in [1.82, 2.24) is 5.32 Å². The van der Waals surface area contributed by atoms with Gasteiger partial charge in [0.1, 0.15) is 0 Å². The van der Waals surface area contributed by atoms with E-state index in [0.29, 0.717) is 13.2 Å². The van der Waals surface area contributed by atoms with Gasteiger partial charge in [0.15, 0.2) is 0 Å². The van der Waals surface area contributed by atoms with Gasteiger partial charge in [0.25, 0.3) is 0 Å². The van der Waals surface area contributed by atoms with E-state index < -0.39 is 0 Å². The third-order valence-electron chi connectivity index (χ3n) is 5.39. The summed E-state index contributed by atoms with van der Waals surface area (Å²) in [7, 11) is 0. The molecule has 27 heavy (non-hydrogen) atoms. The summed E-state index contributed by atoms with van der Waals surface area (Å²) in [6, 6.07) is 18.0. The van der Waals surface area contributed by atoms with E-state index in [1.54, 1.807) is 0 Å². The van der Waals surface area contributed by atoms with Crippen molar-refractivity contribution in [1.29, 1.82) is 0 Å². The van der Waals surface area contributed by atoms with Crippen LogP contribution in [-0.2, 0) is 16.0 Å². The van der Waals surface area contributed by atoms with E-state index in [4.69, 9.17) is 10.5 Å². The van der Waals surface area contributed by atoms with E-state index in [2.05, 4.69) is 29.6 Å². The number of carbonyl (C=O) groups excluding carboxylic acids is 1. The fraction of sp³-hybridized carbons (Fsp3) is 0.435. The third-order valence-corrected chi connectivity index (χ3v) is 5.39. The number of aryl methyl sites for hydroxylation is 1. The molecule has 3 atom stereocenters. The van der Waals surface area contributed by atoms with E-state index in [1.807, 2.05) is 37.3 Å². The Kier molecular flexibility index (Phi) is 7.02. The number of fused-ring (bicyclic) bond motifs is 1. The van der Waals surface area contributed by atoms with Crippen LogP contribution < -0.4 is 11.1 Å². The molecule has 2 aromatic carbocycles. The monoisotopic (exact) mass is 366 g/mol. The molecule has 1 amide bonds. The highest BCUT2D eigenvalue weighted by atomic mass is 16.5. The maximum atomic E-state index is 12.4. The first kappa shape index (κ1) is 19.6. The molecule has 0 saturated carbocycles. The highest BCUT2D eigenvalue weighted by molar-refractivity contribution is 5.79. The second-order valence-corrected chi connectivity index (χ2v) is 7.32. The first-order chi connectivity index (χ1) is 13.2. The van der Waals surface area contributed by atoms with Gasteiger partial charge in [0, 0.05) is 19.2 Å². The molecule has 0 aromatic heterocycles. The van der Waals surface area contributed by atoms with Crippen LogP contribution in [0.1, 0.15) is 55.0 Å². The van der Waals surface area contributed by atoms with Gasteiger partial charge in [-0.1, -0.05) is 61.5 Å². The van der Waals surface area contributed by atoms with Gasteiger partial charge in [-0.15, -0.1) is 0 Å². The summed E-state index contributed by atoms with van der Waals surface area (Å²) in [6.07, 6.45) is 4.39. The van der Waals surface area contributed by atoms with Gasteiger partial charge in [0.2, 0.25) is 5.91 Å². The first-order valence-electron chi connectivity index (χ1n) is 9.94. The largest absolute Gasteiger partial charge is 0.373 e. The molecule has 3 rings (SSSR count). The van der Waals surface area contributed by atoms with Crippen LogP contribution in [0.15, 0.2) is 54.6 Å². The number of hydrogen-bond acceptors (Lipinski definition) is 3. The third kappa shape index (κ3) is 5.18. The minimum atomic E-state index is -0.291. The van der Waals surface area contributed by atoms with Gasteiger partial charge in [-0.3, -0.25) is 4.79 Å². The van der Waals surface area contributed by atoms with Gasteiger partial charge < -0.3 is 15.8 Å². The molecular weight excluding hydrogens is 336 g/mol. The van der Waals surface area contributed by atoms with E-state index in [-0.39, 0.29) is 24.0 Å². The Bertz CT molecular complexity index is 732. The minimum absolute atomic E-state index is 0.00522. The molecule has 1 aliphatic rings. The minimum Gasteiger partial charge on any atom is -0.373 e. The Balaban J connectivity index is 1.38. The van der Waals surface area contributed by atoms with Crippen molar-refractivity contribution in [3.63, 3.8) is 0 Å². The molecule has 3 unspecified atom stereocenters.